The van der Waals surface area contributed by atoms with Crippen LogP contribution in [0.4, 0.5) is 5.95 Å². The third-order valence-corrected chi connectivity index (χ3v) is 3.74. The molecule has 1 aromatic heterocycles. The van der Waals surface area contributed by atoms with E-state index in [0.29, 0.717) is 11.5 Å². The lowest BCUT2D eigenvalue weighted by Gasteiger charge is -2.11. The van der Waals surface area contributed by atoms with Gasteiger partial charge in [-0.1, -0.05) is 23.8 Å². The molecule has 3 rings (SSSR count). The summed E-state index contributed by atoms with van der Waals surface area (Å²) in [7, 11) is 3.21. The van der Waals surface area contributed by atoms with Gasteiger partial charge in [-0.2, -0.15) is 0 Å². The van der Waals surface area contributed by atoms with Crippen molar-refractivity contribution in [2.45, 2.75) is 6.92 Å². The Balaban J connectivity index is 2.09. The minimum absolute atomic E-state index is 0.235. The van der Waals surface area contributed by atoms with E-state index in [1.54, 1.807) is 14.2 Å². The number of hydrogen-bond acceptors (Lipinski definition) is 5. The van der Waals surface area contributed by atoms with E-state index in [4.69, 9.17) is 15.2 Å². The normalized spacial score (nSPS) is 10.5. The third-order valence-electron chi connectivity index (χ3n) is 3.74. The molecule has 0 atom stereocenters. The SMILES string of the molecule is COc1ccc(-c2cc(-c3cccc(C)c3)nc(N)n2)cc1OC. The van der Waals surface area contributed by atoms with Crippen LogP contribution >= 0.6 is 0 Å². The average molecular weight is 321 g/mol. The van der Waals surface area contributed by atoms with Crippen molar-refractivity contribution in [2.75, 3.05) is 20.0 Å². The van der Waals surface area contributed by atoms with Gasteiger partial charge in [0.1, 0.15) is 0 Å². The molecule has 0 spiro atoms. The minimum atomic E-state index is 0.235. The summed E-state index contributed by atoms with van der Waals surface area (Å²) in [5.74, 6) is 1.55. The average Bonchev–Trinajstić information content (AvgIpc) is 2.60. The Labute approximate surface area is 141 Å². The molecule has 0 aliphatic carbocycles. The van der Waals surface area contributed by atoms with Gasteiger partial charge in [-0.15, -0.1) is 0 Å². The maximum absolute atomic E-state index is 5.92. The minimum Gasteiger partial charge on any atom is -0.493 e. The van der Waals surface area contributed by atoms with Crippen LogP contribution in [0.15, 0.2) is 48.5 Å². The summed E-state index contributed by atoms with van der Waals surface area (Å²) < 4.78 is 10.6. The van der Waals surface area contributed by atoms with Crippen LogP contribution < -0.4 is 15.2 Å². The molecule has 5 nitrogen and oxygen atoms in total. The molecule has 0 radical (unpaired) electrons. The highest BCUT2D eigenvalue weighted by Gasteiger charge is 2.10. The Morgan fingerprint density at radius 2 is 1.46 bits per heavy atom. The van der Waals surface area contributed by atoms with E-state index < -0.39 is 0 Å². The van der Waals surface area contributed by atoms with Gasteiger partial charge >= 0.3 is 0 Å². The molecule has 24 heavy (non-hydrogen) atoms. The monoisotopic (exact) mass is 321 g/mol. The van der Waals surface area contributed by atoms with E-state index in [2.05, 4.69) is 16.0 Å². The van der Waals surface area contributed by atoms with Crippen LogP contribution in [0.2, 0.25) is 0 Å². The number of methoxy groups -OCH3 is 2. The number of nitrogens with zero attached hydrogens (tertiary/aromatic N) is 2. The molecule has 0 saturated heterocycles. The van der Waals surface area contributed by atoms with Crippen molar-refractivity contribution in [2.24, 2.45) is 0 Å². The summed E-state index contributed by atoms with van der Waals surface area (Å²) in [6, 6.07) is 15.7. The summed E-state index contributed by atoms with van der Waals surface area (Å²) in [5, 5.41) is 0. The highest BCUT2D eigenvalue weighted by atomic mass is 16.5. The van der Waals surface area contributed by atoms with Gasteiger partial charge < -0.3 is 15.2 Å². The maximum atomic E-state index is 5.92. The van der Waals surface area contributed by atoms with Crippen molar-refractivity contribution < 1.29 is 9.47 Å². The fourth-order valence-electron chi connectivity index (χ4n) is 2.56. The molecule has 1 heterocycles. The first-order chi connectivity index (χ1) is 11.6. The predicted molar refractivity (Wildman–Crippen MR) is 95.2 cm³/mol. The second-order valence-corrected chi connectivity index (χ2v) is 5.44. The molecule has 0 saturated carbocycles. The molecule has 0 aliphatic rings. The summed E-state index contributed by atoms with van der Waals surface area (Å²) in [6.07, 6.45) is 0. The molecule has 122 valence electrons. The number of anilines is 1. The van der Waals surface area contributed by atoms with Crippen LogP contribution in [-0.4, -0.2) is 24.2 Å². The third kappa shape index (κ3) is 3.15. The summed E-state index contributed by atoms with van der Waals surface area (Å²) >= 11 is 0. The number of benzene rings is 2. The summed E-state index contributed by atoms with van der Waals surface area (Å²) in [4.78, 5) is 8.71. The van der Waals surface area contributed by atoms with Gasteiger partial charge in [0.05, 0.1) is 25.6 Å². The maximum Gasteiger partial charge on any atom is 0.221 e. The fourth-order valence-corrected chi connectivity index (χ4v) is 2.56. The van der Waals surface area contributed by atoms with Gasteiger partial charge in [0, 0.05) is 11.1 Å². The lowest BCUT2D eigenvalue weighted by atomic mass is 10.1. The second kappa shape index (κ2) is 6.58. The van der Waals surface area contributed by atoms with Crippen molar-refractivity contribution in [3.63, 3.8) is 0 Å². The van der Waals surface area contributed by atoms with Crippen LogP contribution in [0.25, 0.3) is 22.5 Å². The van der Waals surface area contributed by atoms with Crippen LogP contribution in [-0.2, 0) is 0 Å². The van der Waals surface area contributed by atoms with Crippen LogP contribution in [0, 0.1) is 6.92 Å². The largest absolute Gasteiger partial charge is 0.493 e. The Hall–Kier alpha value is -3.08. The zero-order chi connectivity index (χ0) is 17.1. The molecule has 0 bridgehead atoms. The first-order valence-electron chi connectivity index (χ1n) is 7.54. The standard InChI is InChI=1S/C19H19N3O2/c1-12-5-4-6-13(9-12)15-11-16(22-19(20)21-15)14-7-8-17(23-2)18(10-14)24-3/h4-11H,1-3H3,(H2,20,21,22). The van der Waals surface area contributed by atoms with Crippen LogP contribution in [0.1, 0.15) is 5.56 Å². The van der Waals surface area contributed by atoms with E-state index in [0.717, 1.165) is 28.1 Å². The lowest BCUT2D eigenvalue weighted by Crippen LogP contribution is -1.99. The van der Waals surface area contributed by atoms with E-state index in [1.165, 1.54) is 0 Å². The number of rotatable bonds is 4. The van der Waals surface area contributed by atoms with Gasteiger partial charge in [-0.3, -0.25) is 0 Å². The first-order valence-corrected chi connectivity index (χ1v) is 7.54. The van der Waals surface area contributed by atoms with Gasteiger partial charge in [0.15, 0.2) is 11.5 Å². The molecule has 3 aromatic rings. The van der Waals surface area contributed by atoms with E-state index >= 15 is 0 Å². The van der Waals surface area contributed by atoms with Gasteiger partial charge in [0.25, 0.3) is 0 Å². The van der Waals surface area contributed by atoms with E-state index in [1.807, 2.05) is 49.4 Å². The molecule has 0 aliphatic heterocycles. The summed E-state index contributed by atoms with van der Waals surface area (Å²) in [6.45, 7) is 2.04. The first kappa shape index (κ1) is 15.8. The zero-order valence-corrected chi connectivity index (χ0v) is 13.9. The molecule has 2 aromatic carbocycles. The lowest BCUT2D eigenvalue weighted by molar-refractivity contribution is 0.355. The van der Waals surface area contributed by atoms with Gasteiger partial charge in [-0.25, -0.2) is 9.97 Å². The van der Waals surface area contributed by atoms with Crippen molar-refractivity contribution in [3.8, 4) is 34.0 Å². The van der Waals surface area contributed by atoms with Crippen molar-refractivity contribution in [1.82, 2.24) is 9.97 Å². The molecule has 0 unspecified atom stereocenters. The predicted octanol–water partition coefficient (Wildman–Crippen LogP) is 3.72. The smallest absolute Gasteiger partial charge is 0.221 e. The fraction of sp³-hybridized carbons (Fsp3) is 0.158. The van der Waals surface area contributed by atoms with Gasteiger partial charge in [-0.05, 0) is 37.3 Å². The molecule has 0 amide bonds. The Kier molecular flexibility index (Phi) is 4.33. The molecular formula is C19H19N3O2. The number of ether oxygens (including phenoxy) is 2. The molecular weight excluding hydrogens is 302 g/mol. The van der Waals surface area contributed by atoms with Gasteiger partial charge in [0.2, 0.25) is 5.95 Å². The zero-order valence-electron chi connectivity index (χ0n) is 13.9. The van der Waals surface area contributed by atoms with Crippen molar-refractivity contribution in [3.05, 3.63) is 54.1 Å². The van der Waals surface area contributed by atoms with Crippen molar-refractivity contribution >= 4 is 5.95 Å². The number of nitrogens with two attached hydrogens (primary N) is 1. The molecule has 0 fully saturated rings. The highest BCUT2D eigenvalue weighted by Crippen LogP contribution is 2.33. The second-order valence-electron chi connectivity index (χ2n) is 5.44. The topological polar surface area (TPSA) is 70.3 Å². The summed E-state index contributed by atoms with van der Waals surface area (Å²) in [5.41, 5.74) is 10.5. The number of aromatic nitrogens is 2. The quantitative estimate of drug-likeness (QED) is 0.793. The van der Waals surface area contributed by atoms with Crippen LogP contribution in [0.3, 0.4) is 0 Å². The molecule has 2 N–H and O–H groups in total. The Bertz CT molecular complexity index is 878. The number of hydrogen-bond donors (Lipinski definition) is 1. The van der Waals surface area contributed by atoms with Crippen LogP contribution in [0.5, 0.6) is 11.5 Å². The molecule has 5 heteroatoms. The highest BCUT2D eigenvalue weighted by molar-refractivity contribution is 5.71. The van der Waals surface area contributed by atoms with E-state index in [-0.39, 0.29) is 5.95 Å². The number of nitrogen functional groups attached to an aromatic ring is 1. The van der Waals surface area contributed by atoms with E-state index in [9.17, 15) is 0 Å². The Morgan fingerprint density at radius 1 is 0.792 bits per heavy atom. The number of aryl methyl sites for hydroxylation is 1. The Morgan fingerprint density at radius 3 is 2.08 bits per heavy atom. The van der Waals surface area contributed by atoms with Crippen molar-refractivity contribution in [1.29, 1.82) is 0 Å².